The summed E-state index contributed by atoms with van der Waals surface area (Å²) in [6.07, 6.45) is 0. The first-order valence-electron chi connectivity index (χ1n) is 5.20. The molecule has 16 heavy (non-hydrogen) atoms. The quantitative estimate of drug-likeness (QED) is 0.818. The molecule has 2 nitrogen and oxygen atoms in total. The van der Waals surface area contributed by atoms with Gasteiger partial charge in [0.25, 0.3) is 0 Å². The Kier molecular flexibility index (Phi) is 2.62. The molecule has 0 aliphatic heterocycles. The van der Waals surface area contributed by atoms with Crippen molar-refractivity contribution in [1.82, 2.24) is 4.98 Å². The predicted molar refractivity (Wildman–Crippen MR) is 67.8 cm³/mol. The van der Waals surface area contributed by atoms with Gasteiger partial charge in [0.05, 0.1) is 15.4 Å². The number of hydrogen-bond donors (Lipinski definition) is 1. The highest BCUT2D eigenvalue weighted by atomic mass is 32.1. The third kappa shape index (κ3) is 1.89. The van der Waals surface area contributed by atoms with Gasteiger partial charge in [0.1, 0.15) is 11.3 Å². The number of hydrogen-bond acceptors (Lipinski definition) is 3. The molecule has 86 valence electrons. The number of nitrogens with one attached hydrogen (secondary N) is 1. The molecule has 0 saturated heterocycles. The molecule has 0 aliphatic carbocycles. The van der Waals surface area contributed by atoms with Gasteiger partial charge in [-0.2, -0.15) is 0 Å². The van der Waals surface area contributed by atoms with Crippen LogP contribution >= 0.6 is 11.3 Å². The van der Waals surface area contributed by atoms with Gasteiger partial charge in [-0.1, -0.05) is 20.8 Å². The highest BCUT2D eigenvalue weighted by Gasteiger charge is 2.20. The fourth-order valence-corrected chi connectivity index (χ4v) is 2.58. The number of anilines is 1. The summed E-state index contributed by atoms with van der Waals surface area (Å²) in [5, 5.41) is 4.01. The van der Waals surface area contributed by atoms with Gasteiger partial charge < -0.3 is 5.32 Å². The molecule has 1 heterocycles. The van der Waals surface area contributed by atoms with Crippen molar-refractivity contribution in [2.24, 2.45) is 0 Å². The van der Waals surface area contributed by atoms with Crippen LogP contribution in [0.15, 0.2) is 12.1 Å². The second-order valence-corrected chi connectivity index (χ2v) is 5.85. The summed E-state index contributed by atoms with van der Waals surface area (Å²) in [6.45, 7) is 6.33. The van der Waals surface area contributed by atoms with Gasteiger partial charge in [-0.15, -0.1) is 11.3 Å². The van der Waals surface area contributed by atoms with E-state index in [1.54, 1.807) is 24.5 Å². The largest absolute Gasteiger partial charge is 0.386 e. The van der Waals surface area contributed by atoms with Crippen molar-refractivity contribution in [3.05, 3.63) is 23.0 Å². The first-order valence-corrected chi connectivity index (χ1v) is 6.02. The summed E-state index contributed by atoms with van der Waals surface area (Å²) < 4.78 is 14.2. The van der Waals surface area contributed by atoms with Crippen LogP contribution in [0.1, 0.15) is 25.8 Å². The monoisotopic (exact) mass is 238 g/mol. The lowest BCUT2D eigenvalue weighted by atomic mass is 9.98. The summed E-state index contributed by atoms with van der Waals surface area (Å²) in [5.74, 6) is -0.221. The van der Waals surface area contributed by atoms with Crippen LogP contribution in [0.5, 0.6) is 0 Å². The summed E-state index contributed by atoms with van der Waals surface area (Å²) in [5.41, 5.74) is 1.62. The van der Waals surface area contributed by atoms with Gasteiger partial charge in [0.2, 0.25) is 0 Å². The van der Waals surface area contributed by atoms with Crippen molar-refractivity contribution < 1.29 is 4.39 Å². The van der Waals surface area contributed by atoms with E-state index in [4.69, 9.17) is 0 Å². The Morgan fingerprint density at radius 2 is 2.00 bits per heavy atom. The standard InChI is InChI=1S/C12H15FN2S/c1-12(2,3)11-15-10-8(14-4)5-7(13)6-9(10)16-11/h5-6,14H,1-4H3. The van der Waals surface area contributed by atoms with E-state index in [1.807, 2.05) is 0 Å². The Morgan fingerprint density at radius 1 is 1.31 bits per heavy atom. The molecular weight excluding hydrogens is 223 g/mol. The summed E-state index contributed by atoms with van der Waals surface area (Å²) in [7, 11) is 1.78. The van der Waals surface area contributed by atoms with E-state index in [9.17, 15) is 4.39 Å². The maximum absolute atomic E-state index is 13.3. The Labute approximate surface area is 98.5 Å². The lowest BCUT2D eigenvalue weighted by Gasteiger charge is -2.13. The second kappa shape index (κ2) is 3.70. The Balaban J connectivity index is 2.70. The van der Waals surface area contributed by atoms with Crippen LogP contribution in [-0.4, -0.2) is 12.0 Å². The van der Waals surface area contributed by atoms with Gasteiger partial charge in [0, 0.05) is 12.5 Å². The van der Waals surface area contributed by atoms with Crippen molar-refractivity contribution in [2.75, 3.05) is 12.4 Å². The minimum Gasteiger partial charge on any atom is -0.386 e. The number of nitrogens with zero attached hydrogens (tertiary/aromatic N) is 1. The molecule has 0 bridgehead atoms. The van der Waals surface area contributed by atoms with Crippen LogP contribution in [0.25, 0.3) is 10.2 Å². The zero-order valence-corrected chi connectivity index (χ0v) is 10.7. The van der Waals surface area contributed by atoms with E-state index in [0.29, 0.717) is 0 Å². The number of aromatic nitrogens is 1. The van der Waals surface area contributed by atoms with E-state index in [-0.39, 0.29) is 11.2 Å². The maximum Gasteiger partial charge on any atom is 0.126 e. The SMILES string of the molecule is CNc1cc(F)cc2sc(C(C)(C)C)nc12. The van der Waals surface area contributed by atoms with Crippen LogP contribution < -0.4 is 5.32 Å². The van der Waals surface area contributed by atoms with Crippen LogP contribution in [0, 0.1) is 5.82 Å². The molecule has 0 fully saturated rings. The zero-order chi connectivity index (χ0) is 11.9. The number of thiazole rings is 1. The van der Waals surface area contributed by atoms with Crippen molar-refractivity contribution in [3.8, 4) is 0 Å². The molecule has 0 radical (unpaired) electrons. The Bertz CT molecular complexity index is 526. The minimum atomic E-state index is -0.221. The van der Waals surface area contributed by atoms with Crippen LogP contribution in [-0.2, 0) is 5.41 Å². The summed E-state index contributed by atoms with van der Waals surface area (Å²) >= 11 is 1.56. The average molecular weight is 238 g/mol. The first kappa shape index (κ1) is 11.3. The highest BCUT2D eigenvalue weighted by molar-refractivity contribution is 7.18. The van der Waals surface area contributed by atoms with Crippen molar-refractivity contribution in [2.45, 2.75) is 26.2 Å². The van der Waals surface area contributed by atoms with Crippen molar-refractivity contribution in [1.29, 1.82) is 0 Å². The Hall–Kier alpha value is -1.16. The smallest absolute Gasteiger partial charge is 0.126 e. The van der Waals surface area contributed by atoms with Gasteiger partial charge >= 0.3 is 0 Å². The molecule has 1 aromatic heterocycles. The first-order chi connectivity index (χ1) is 7.41. The molecule has 0 aliphatic rings. The van der Waals surface area contributed by atoms with Gasteiger partial charge in [-0.05, 0) is 12.1 Å². The van der Waals surface area contributed by atoms with Gasteiger partial charge in [-0.25, -0.2) is 9.37 Å². The van der Waals surface area contributed by atoms with Crippen LogP contribution in [0.3, 0.4) is 0 Å². The topological polar surface area (TPSA) is 24.9 Å². The molecule has 0 saturated carbocycles. The van der Waals surface area contributed by atoms with Crippen LogP contribution in [0.2, 0.25) is 0 Å². The number of benzene rings is 1. The van der Waals surface area contributed by atoms with Crippen molar-refractivity contribution in [3.63, 3.8) is 0 Å². The van der Waals surface area contributed by atoms with Gasteiger partial charge in [0.15, 0.2) is 0 Å². The molecule has 4 heteroatoms. The van der Waals surface area contributed by atoms with E-state index >= 15 is 0 Å². The molecule has 2 rings (SSSR count). The second-order valence-electron chi connectivity index (χ2n) is 4.82. The molecule has 0 unspecified atom stereocenters. The fraction of sp³-hybridized carbons (Fsp3) is 0.417. The molecule has 0 spiro atoms. The van der Waals surface area contributed by atoms with Crippen LogP contribution in [0.4, 0.5) is 10.1 Å². The lowest BCUT2D eigenvalue weighted by molar-refractivity contribution is 0.587. The molecule has 2 aromatic rings. The average Bonchev–Trinajstić information content (AvgIpc) is 2.59. The molecule has 0 atom stereocenters. The minimum absolute atomic E-state index is 0.00513. The fourth-order valence-electron chi connectivity index (χ4n) is 1.51. The summed E-state index contributed by atoms with van der Waals surface area (Å²) in [6, 6.07) is 3.03. The predicted octanol–water partition coefficient (Wildman–Crippen LogP) is 3.77. The molecule has 0 amide bonds. The normalized spacial score (nSPS) is 12.1. The number of rotatable bonds is 1. The van der Waals surface area contributed by atoms with E-state index < -0.39 is 0 Å². The van der Waals surface area contributed by atoms with E-state index in [1.165, 1.54) is 6.07 Å². The third-order valence-corrected chi connectivity index (χ3v) is 3.80. The number of fused-ring (bicyclic) bond motifs is 1. The van der Waals surface area contributed by atoms with Crippen molar-refractivity contribution >= 4 is 27.2 Å². The summed E-state index contributed by atoms with van der Waals surface area (Å²) in [4.78, 5) is 4.59. The molecule has 1 N–H and O–H groups in total. The lowest BCUT2D eigenvalue weighted by Crippen LogP contribution is -2.09. The van der Waals surface area contributed by atoms with E-state index in [0.717, 1.165) is 20.9 Å². The zero-order valence-electron chi connectivity index (χ0n) is 9.89. The Morgan fingerprint density at radius 3 is 2.56 bits per heavy atom. The molecular formula is C12H15FN2S. The highest BCUT2D eigenvalue weighted by Crippen LogP contribution is 2.34. The molecule has 1 aromatic carbocycles. The maximum atomic E-state index is 13.3. The van der Waals surface area contributed by atoms with Gasteiger partial charge in [-0.3, -0.25) is 0 Å². The third-order valence-electron chi connectivity index (χ3n) is 2.37. The number of halogens is 1. The van der Waals surface area contributed by atoms with E-state index in [2.05, 4.69) is 31.1 Å².